The van der Waals surface area contributed by atoms with Crippen LogP contribution in [-0.2, 0) is 0 Å². The van der Waals surface area contributed by atoms with E-state index in [0.717, 1.165) is 4.47 Å². The van der Waals surface area contributed by atoms with Gasteiger partial charge in [-0.25, -0.2) is 0 Å². The van der Waals surface area contributed by atoms with Crippen molar-refractivity contribution in [3.8, 4) is 0 Å². The molecular formula is C9H7BrIN. The lowest BCUT2D eigenvalue weighted by Crippen LogP contribution is -1.74. The molecule has 0 bridgehead atoms. The Kier molecular flexibility index (Phi) is 2.16. The summed E-state index contributed by atoms with van der Waals surface area (Å²) in [6.07, 6.45) is 0. The number of halogens is 2. The maximum atomic E-state index is 3.47. The third-order valence-corrected chi connectivity index (χ3v) is 3.14. The number of rotatable bonds is 0. The second-order valence-corrected chi connectivity index (χ2v) is 4.88. The average Bonchev–Trinajstić information content (AvgIpc) is 2.29. The van der Waals surface area contributed by atoms with E-state index in [1.165, 1.54) is 20.2 Å². The molecule has 0 atom stereocenters. The Morgan fingerprint density at radius 1 is 1.33 bits per heavy atom. The predicted octanol–water partition coefficient (Wildman–Crippen LogP) is 3.84. The largest absolute Gasteiger partial charge is 0.359 e. The number of fused-ring (bicyclic) bond motifs is 1. The molecule has 12 heavy (non-hydrogen) atoms. The van der Waals surface area contributed by atoms with Gasteiger partial charge in [-0.3, -0.25) is 0 Å². The molecule has 1 aromatic carbocycles. The Hall–Kier alpha value is -0.0300. The van der Waals surface area contributed by atoms with Crippen LogP contribution in [0.3, 0.4) is 0 Å². The van der Waals surface area contributed by atoms with E-state index < -0.39 is 0 Å². The fourth-order valence-electron chi connectivity index (χ4n) is 1.30. The van der Waals surface area contributed by atoms with Gasteiger partial charge < -0.3 is 4.98 Å². The van der Waals surface area contributed by atoms with Crippen LogP contribution in [-0.4, -0.2) is 4.98 Å². The minimum atomic E-state index is 1.13. The van der Waals surface area contributed by atoms with Crippen molar-refractivity contribution in [3.63, 3.8) is 0 Å². The maximum Gasteiger partial charge on any atom is 0.0478 e. The predicted molar refractivity (Wildman–Crippen MR) is 63.5 cm³/mol. The highest BCUT2D eigenvalue weighted by Gasteiger charge is 2.02. The van der Waals surface area contributed by atoms with E-state index in [-0.39, 0.29) is 0 Å². The first-order chi connectivity index (χ1) is 5.66. The molecule has 0 aliphatic heterocycles. The molecule has 0 fully saturated rings. The van der Waals surface area contributed by atoms with Gasteiger partial charge in [-0.1, -0.05) is 15.9 Å². The lowest BCUT2D eigenvalue weighted by atomic mass is 10.2. The summed E-state index contributed by atoms with van der Waals surface area (Å²) in [5, 5.41) is 1.30. The molecule has 0 aliphatic carbocycles. The van der Waals surface area contributed by atoms with Gasteiger partial charge in [-0.15, -0.1) is 0 Å². The molecule has 0 unspecified atom stereocenters. The quantitative estimate of drug-likeness (QED) is 0.704. The Morgan fingerprint density at radius 3 is 2.83 bits per heavy atom. The van der Waals surface area contributed by atoms with E-state index in [9.17, 15) is 0 Å². The van der Waals surface area contributed by atoms with Gasteiger partial charge in [-0.2, -0.15) is 0 Å². The summed E-state index contributed by atoms with van der Waals surface area (Å²) in [7, 11) is 0. The molecule has 3 heteroatoms. The molecule has 0 radical (unpaired) electrons. The number of benzene rings is 1. The lowest BCUT2D eigenvalue weighted by Gasteiger charge is -1.94. The first-order valence-electron chi connectivity index (χ1n) is 3.61. The number of nitrogens with one attached hydrogen (secondary N) is 1. The summed E-state index contributed by atoms with van der Waals surface area (Å²) in [5.41, 5.74) is 2.41. The fraction of sp³-hybridized carbons (Fsp3) is 0.111. The zero-order valence-electron chi connectivity index (χ0n) is 6.49. The van der Waals surface area contributed by atoms with Crippen molar-refractivity contribution in [1.29, 1.82) is 0 Å². The Balaban J connectivity index is 2.88. The molecule has 1 N–H and O–H groups in total. The van der Waals surface area contributed by atoms with E-state index >= 15 is 0 Å². The molecule has 0 amide bonds. The average molecular weight is 336 g/mol. The highest BCUT2D eigenvalue weighted by Crippen LogP contribution is 2.25. The van der Waals surface area contributed by atoms with Gasteiger partial charge in [0, 0.05) is 24.6 Å². The third kappa shape index (κ3) is 1.40. The van der Waals surface area contributed by atoms with Gasteiger partial charge in [0.1, 0.15) is 0 Å². The van der Waals surface area contributed by atoms with Crippen molar-refractivity contribution >= 4 is 49.4 Å². The monoisotopic (exact) mass is 335 g/mol. The smallest absolute Gasteiger partial charge is 0.0478 e. The Morgan fingerprint density at radius 2 is 2.08 bits per heavy atom. The van der Waals surface area contributed by atoms with Crippen molar-refractivity contribution in [2.75, 3.05) is 0 Å². The number of aromatic nitrogens is 1. The fourth-order valence-corrected chi connectivity index (χ4v) is 2.97. The van der Waals surface area contributed by atoms with Crippen molar-refractivity contribution in [1.82, 2.24) is 4.98 Å². The zero-order chi connectivity index (χ0) is 8.72. The van der Waals surface area contributed by atoms with Crippen LogP contribution in [0.15, 0.2) is 22.7 Å². The van der Waals surface area contributed by atoms with Crippen molar-refractivity contribution in [3.05, 3.63) is 31.9 Å². The van der Waals surface area contributed by atoms with Crippen LogP contribution in [0, 0.1) is 10.5 Å². The first kappa shape index (κ1) is 8.56. The molecule has 1 heterocycles. The molecule has 2 aromatic rings. The summed E-state index contributed by atoms with van der Waals surface area (Å²) in [6, 6.07) is 6.39. The summed E-state index contributed by atoms with van der Waals surface area (Å²) < 4.78 is 2.41. The van der Waals surface area contributed by atoms with Gasteiger partial charge in [-0.05, 0) is 47.7 Å². The third-order valence-electron chi connectivity index (χ3n) is 1.79. The zero-order valence-corrected chi connectivity index (χ0v) is 10.2. The van der Waals surface area contributed by atoms with Gasteiger partial charge in [0.2, 0.25) is 0 Å². The van der Waals surface area contributed by atoms with Crippen LogP contribution in [0.2, 0.25) is 0 Å². The van der Waals surface area contributed by atoms with Crippen LogP contribution < -0.4 is 0 Å². The van der Waals surface area contributed by atoms with Crippen LogP contribution in [0.4, 0.5) is 0 Å². The van der Waals surface area contributed by atoms with E-state index in [2.05, 4.69) is 68.6 Å². The van der Waals surface area contributed by atoms with Crippen molar-refractivity contribution in [2.45, 2.75) is 6.92 Å². The topological polar surface area (TPSA) is 15.8 Å². The minimum absolute atomic E-state index is 1.13. The number of aryl methyl sites for hydroxylation is 1. The Bertz CT molecular complexity index is 433. The summed E-state index contributed by atoms with van der Waals surface area (Å²) >= 11 is 5.81. The van der Waals surface area contributed by atoms with Crippen molar-refractivity contribution < 1.29 is 0 Å². The number of hydrogen-bond donors (Lipinski definition) is 1. The molecule has 0 aliphatic rings. The van der Waals surface area contributed by atoms with Gasteiger partial charge >= 0.3 is 0 Å². The highest BCUT2D eigenvalue weighted by molar-refractivity contribution is 14.1. The number of H-pyrrole nitrogens is 1. The highest BCUT2D eigenvalue weighted by atomic mass is 127. The van der Waals surface area contributed by atoms with Crippen LogP contribution in [0.5, 0.6) is 0 Å². The summed E-state index contributed by atoms with van der Waals surface area (Å²) in [6.45, 7) is 2.07. The molecule has 62 valence electrons. The van der Waals surface area contributed by atoms with Gasteiger partial charge in [0.15, 0.2) is 0 Å². The molecule has 1 aromatic heterocycles. The molecule has 0 saturated carbocycles. The van der Waals surface area contributed by atoms with E-state index in [4.69, 9.17) is 0 Å². The number of aromatic amines is 1. The molecule has 0 spiro atoms. The Labute approximate surface area is 92.8 Å². The van der Waals surface area contributed by atoms with E-state index in [1.54, 1.807) is 0 Å². The van der Waals surface area contributed by atoms with E-state index in [0.29, 0.717) is 0 Å². The first-order valence-corrected chi connectivity index (χ1v) is 5.48. The molecular weight excluding hydrogens is 329 g/mol. The maximum absolute atomic E-state index is 3.47. The van der Waals surface area contributed by atoms with Crippen LogP contribution >= 0.6 is 38.5 Å². The summed E-state index contributed by atoms with van der Waals surface area (Å²) in [4.78, 5) is 3.31. The van der Waals surface area contributed by atoms with Gasteiger partial charge in [0.05, 0.1) is 0 Å². The second-order valence-electron chi connectivity index (χ2n) is 2.80. The van der Waals surface area contributed by atoms with Crippen LogP contribution in [0.1, 0.15) is 5.69 Å². The SMILES string of the molecule is Cc1cc2c(I)cc(Br)cc2[nH]1. The van der Waals surface area contributed by atoms with E-state index in [1.807, 2.05) is 0 Å². The molecule has 1 nitrogen and oxygen atoms in total. The second kappa shape index (κ2) is 3.03. The lowest BCUT2D eigenvalue weighted by molar-refractivity contribution is 1.30. The normalized spacial score (nSPS) is 10.9. The summed E-state index contributed by atoms with van der Waals surface area (Å²) in [5.74, 6) is 0. The van der Waals surface area contributed by atoms with Gasteiger partial charge in [0.25, 0.3) is 0 Å². The molecule has 0 saturated heterocycles. The van der Waals surface area contributed by atoms with Crippen LogP contribution in [0.25, 0.3) is 10.9 Å². The molecule has 2 rings (SSSR count). The minimum Gasteiger partial charge on any atom is -0.359 e. The number of hydrogen-bond acceptors (Lipinski definition) is 0. The van der Waals surface area contributed by atoms with Crippen molar-refractivity contribution in [2.24, 2.45) is 0 Å². The standard InChI is InChI=1S/C9H7BrIN/c1-5-2-7-8(11)3-6(10)4-9(7)12-5/h2-4,12H,1H3.